The van der Waals surface area contributed by atoms with Crippen LogP contribution in [0.5, 0.6) is 5.75 Å². The number of pyridine rings is 1. The Hall–Kier alpha value is -2.11. The highest BCUT2D eigenvalue weighted by Crippen LogP contribution is 2.30. The van der Waals surface area contributed by atoms with Gasteiger partial charge in [0.15, 0.2) is 0 Å². The van der Waals surface area contributed by atoms with E-state index in [-0.39, 0.29) is 5.75 Å². The van der Waals surface area contributed by atoms with Gasteiger partial charge in [0.2, 0.25) is 0 Å². The lowest BCUT2D eigenvalue weighted by Crippen LogP contribution is -2.02. The molecular weight excluding hydrogens is 228 g/mol. The van der Waals surface area contributed by atoms with Crippen molar-refractivity contribution in [1.82, 2.24) is 4.98 Å². The Kier molecular flexibility index (Phi) is 2.95. The first-order valence-electron chi connectivity index (χ1n) is 4.92. The molecule has 2 aromatic rings. The summed E-state index contributed by atoms with van der Waals surface area (Å²) in [6.45, 7) is -2.85. The number of rotatable bonds is 3. The lowest BCUT2D eigenvalue weighted by Gasteiger charge is -2.10. The summed E-state index contributed by atoms with van der Waals surface area (Å²) in [7, 11) is 1.70. The minimum absolute atomic E-state index is 0.0800. The molecule has 3 N–H and O–H groups in total. The van der Waals surface area contributed by atoms with Crippen molar-refractivity contribution in [2.24, 2.45) is 0 Å². The van der Waals surface area contributed by atoms with Gasteiger partial charge in [-0.1, -0.05) is 0 Å². The average Bonchev–Trinajstić information content (AvgIpc) is 2.28. The summed E-state index contributed by atoms with van der Waals surface area (Å²) in [5.41, 5.74) is 7.49. The number of aromatic nitrogens is 1. The number of alkyl halides is 2. The molecule has 0 fully saturated rings. The first-order valence-corrected chi connectivity index (χ1v) is 4.92. The summed E-state index contributed by atoms with van der Waals surface area (Å²) in [5, 5.41) is 3.55. The molecule has 0 amide bonds. The van der Waals surface area contributed by atoms with Gasteiger partial charge >= 0.3 is 6.61 Å². The zero-order chi connectivity index (χ0) is 12.4. The third-order valence-electron chi connectivity index (χ3n) is 2.34. The van der Waals surface area contributed by atoms with Crippen molar-refractivity contribution < 1.29 is 13.5 Å². The third-order valence-corrected chi connectivity index (χ3v) is 2.34. The van der Waals surface area contributed by atoms with Crippen molar-refractivity contribution in [1.29, 1.82) is 0 Å². The van der Waals surface area contributed by atoms with E-state index in [9.17, 15) is 8.78 Å². The fraction of sp³-hybridized carbons (Fsp3) is 0.182. The smallest absolute Gasteiger partial charge is 0.387 e. The molecule has 4 nitrogen and oxygen atoms in total. The predicted molar refractivity (Wildman–Crippen MR) is 62.3 cm³/mol. The minimum Gasteiger partial charge on any atom is -0.435 e. The quantitative estimate of drug-likeness (QED) is 0.863. The first kappa shape index (κ1) is 11.4. The zero-order valence-corrected chi connectivity index (χ0v) is 9.08. The summed E-state index contributed by atoms with van der Waals surface area (Å²) in [5.74, 6) is 0.0800. The maximum absolute atomic E-state index is 12.1. The Morgan fingerprint density at radius 2 is 2.18 bits per heavy atom. The van der Waals surface area contributed by atoms with E-state index in [1.807, 2.05) is 0 Å². The van der Waals surface area contributed by atoms with Gasteiger partial charge in [-0.2, -0.15) is 8.78 Å². The Morgan fingerprint density at radius 1 is 1.41 bits per heavy atom. The number of nitrogens with two attached hydrogens (primary N) is 1. The summed E-state index contributed by atoms with van der Waals surface area (Å²) in [4.78, 5) is 4.10. The second-order valence-corrected chi connectivity index (χ2v) is 3.40. The molecule has 0 bridgehead atoms. The van der Waals surface area contributed by atoms with Crippen LogP contribution in [0.1, 0.15) is 0 Å². The molecule has 0 saturated carbocycles. The van der Waals surface area contributed by atoms with Gasteiger partial charge in [-0.15, -0.1) is 0 Å². The van der Waals surface area contributed by atoms with E-state index in [4.69, 9.17) is 5.73 Å². The Balaban J connectivity index is 2.57. The van der Waals surface area contributed by atoms with Crippen LogP contribution in [0.2, 0.25) is 0 Å². The van der Waals surface area contributed by atoms with Crippen molar-refractivity contribution in [2.75, 3.05) is 18.1 Å². The Bertz CT molecular complexity index is 545. The molecule has 1 aromatic heterocycles. The number of benzene rings is 1. The number of anilines is 2. The van der Waals surface area contributed by atoms with Gasteiger partial charge in [0.25, 0.3) is 0 Å². The Labute approximate surface area is 96.4 Å². The standard InChI is InChI=1S/C11H11F2N3O/c1-15-10-7-4-6(17-11(12)13)2-3-9(7)16-5-8(10)14/h2-5,11H,14H2,1H3,(H,15,16). The molecular formula is C11H11F2N3O. The number of nitrogens with zero attached hydrogens (tertiary/aromatic N) is 1. The van der Waals surface area contributed by atoms with Crippen LogP contribution in [0.15, 0.2) is 24.4 Å². The summed E-state index contributed by atoms with van der Waals surface area (Å²) in [6.07, 6.45) is 1.52. The average molecular weight is 239 g/mol. The number of halogens is 2. The van der Waals surface area contributed by atoms with E-state index in [1.165, 1.54) is 18.3 Å². The third kappa shape index (κ3) is 2.20. The largest absolute Gasteiger partial charge is 0.435 e. The van der Waals surface area contributed by atoms with Crippen LogP contribution in [-0.4, -0.2) is 18.6 Å². The molecule has 2 rings (SSSR count). The van der Waals surface area contributed by atoms with Gasteiger partial charge in [-0.05, 0) is 18.2 Å². The second kappa shape index (κ2) is 4.40. The van der Waals surface area contributed by atoms with Crippen LogP contribution in [0, 0.1) is 0 Å². The van der Waals surface area contributed by atoms with Gasteiger partial charge in [0, 0.05) is 12.4 Å². The highest BCUT2D eigenvalue weighted by atomic mass is 19.3. The van der Waals surface area contributed by atoms with Crippen molar-refractivity contribution in [3.05, 3.63) is 24.4 Å². The van der Waals surface area contributed by atoms with Crippen LogP contribution in [0.3, 0.4) is 0 Å². The topological polar surface area (TPSA) is 60.2 Å². The van der Waals surface area contributed by atoms with E-state index in [0.717, 1.165) is 0 Å². The summed E-state index contributed by atoms with van der Waals surface area (Å²) in [6, 6.07) is 4.53. The molecule has 0 unspecified atom stereocenters. The Morgan fingerprint density at radius 3 is 2.82 bits per heavy atom. The SMILES string of the molecule is CNc1c(N)cnc2ccc(OC(F)F)cc12. The van der Waals surface area contributed by atoms with Gasteiger partial charge in [0.05, 0.1) is 23.1 Å². The van der Waals surface area contributed by atoms with E-state index in [1.54, 1.807) is 13.1 Å². The summed E-state index contributed by atoms with van der Waals surface area (Å²) < 4.78 is 28.5. The molecule has 0 aliphatic rings. The minimum atomic E-state index is -2.85. The fourth-order valence-corrected chi connectivity index (χ4v) is 1.64. The fourth-order valence-electron chi connectivity index (χ4n) is 1.64. The van der Waals surface area contributed by atoms with Crippen molar-refractivity contribution in [3.8, 4) is 5.75 Å². The molecule has 1 aromatic carbocycles. The molecule has 0 spiro atoms. The van der Waals surface area contributed by atoms with Crippen LogP contribution in [-0.2, 0) is 0 Å². The number of nitrogens with one attached hydrogen (secondary N) is 1. The number of fused-ring (bicyclic) bond motifs is 1. The van der Waals surface area contributed by atoms with Crippen molar-refractivity contribution in [2.45, 2.75) is 6.61 Å². The lowest BCUT2D eigenvalue weighted by atomic mass is 10.1. The van der Waals surface area contributed by atoms with Crippen LogP contribution >= 0.6 is 0 Å². The van der Waals surface area contributed by atoms with E-state index < -0.39 is 6.61 Å². The molecule has 90 valence electrons. The monoisotopic (exact) mass is 239 g/mol. The molecule has 1 heterocycles. The highest BCUT2D eigenvalue weighted by molar-refractivity contribution is 5.97. The maximum Gasteiger partial charge on any atom is 0.387 e. The van der Waals surface area contributed by atoms with Crippen LogP contribution < -0.4 is 15.8 Å². The van der Waals surface area contributed by atoms with Crippen molar-refractivity contribution in [3.63, 3.8) is 0 Å². The normalized spacial score (nSPS) is 10.8. The molecule has 0 radical (unpaired) electrons. The molecule has 0 saturated heterocycles. The molecule has 0 aliphatic carbocycles. The summed E-state index contributed by atoms with van der Waals surface area (Å²) >= 11 is 0. The zero-order valence-electron chi connectivity index (χ0n) is 9.08. The van der Waals surface area contributed by atoms with Crippen molar-refractivity contribution >= 4 is 22.3 Å². The second-order valence-electron chi connectivity index (χ2n) is 3.40. The number of hydrogen-bond donors (Lipinski definition) is 2. The van der Waals surface area contributed by atoms with Gasteiger partial charge in [-0.25, -0.2) is 0 Å². The first-order chi connectivity index (χ1) is 8.11. The van der Waals surface area contributed by atoms with E-state index in [2.05, 4.69) is 15.0 Å². The molecule has 17 heavy (non-hydrogen) atoms. The lowest BCUT2D eigenvalue weighted by molar-refractivity contribution is -0.0497. The van der Waals surface area contributed by atoms with Gasteiger partial charge < -0.3 is 15.8 Å². The number of ether oxygens (including phenoxy) is 1. The highest BCUT2D eigenvalue weighted by Gasteiger charge is 2.09. The molecule has 0 aliphatic heterocycles. The molecule has 6 heteroatoms. The predicted octanol–water partition coefficient (Wildman–Crippen LogP) is 2.46. The van der Waals surface area contributed by atoms with Crippen LogP contribution in [0.4, 0.5) is 20.2 Å². The van der Waals surface area contributed by atoms with Gasteiger partial charge in [-0.3, -0.25) is 4.98 Å². The maximum atomic E-state index is 12.1. The molecule has 0 atom stereocenters. The number of hydrogen-bond acceptors (Lipinski definition) is 4. The van der Waals surface area contributed by atoms with E-state index in [0.29, 0.717) is 22.3 Å². The van der Waals surface area contributed by atoms with Gasteiger partial charge in [0.1, 0.15) is 5.75 Å². The number of nitrogen functional groups attached to an aromatic ring is 1. The van der Waals surface area contributed by atoms with E-state index >= 15 is 0 Å². The van der Waals surface area contributed by atoms with Crippen LogP contribution in [0.25, 0.3) is 10.9 Å².